The molecule has 1 aromatic heterocycles. The molecule has 1 aliphatic heterocycles. The standard InChI is InChI=1S/C22H18ClN3O3S/c1-13-15-5-3-4-6-16(15)21(28)26(13)10-9-20(27)25-22-24-18(12-30-22)14-7-8-19(29-2)17(23)11-14/h3-8,11-12H,1,9-10H2,2H3,(H,24,25,27). The number of anilines is 1. The van der Waals surface area contributed by atoms with Crippen LogP contribution in [0.25, 0.3) is 17.0 Å². The summed E-state index contributed by atoms with van der Waals surface area (Å²) in [6.07, 6.45) is 0.141. The van der Waals surface area contributed by atoms with Crippen molar-refractivity contribution in [1.29, 1.82) is 0 Å². The lowest BCUT2D eigenvalue weighted by Crippen LogP contribution is -2.27. The zero-order valence-electron chi connectivity index (χ0n) is 16.1. The largest absolute Gasteiger partial charge is 0.495 e. The third-order valence-corrected chi connectivity index (χ3v) is 5.85. The Hall–Kier alpha value is -3.16. The van der Waals surface area contributed by atoms with Gasteiger partial charge in [-0.1, -0.05) is 36.4 Å². The van der Waals surface area contributed by atoms with Gasteiger partial charge in [-0.2, -0.15) is 0 Å². The number of carbonyl (C=O) groups excluding carboxylic acids is 2. The summed E-state index contributed by atoms with van der Waals surface area (Å²) in [6.45, 7) is 4.24. The number of thiazole rings is 1. The summed E-state index contributed by atoms with van der Waals surface area (Å²) < 4.78 is 5.16. The Labute approximate surface area is 182 Å². The van der Waals surface area contributed by atoms with Crippen LogP contribution in [0.4, 0.5) is 5.13 Å². The van der Waals surface area contributed by atoms with Crippen LogP contribution in [0, 0.1) is 0 Å². The molecule has 0 atom stereocenters. The second kappa shape index (κ2) is 8.30. The quantitative estimate of drug-likeness (QED) is 0.591. The van der Waals surface area contributed by atoms with Crippen LogP contribution in [0.15, 0.2) is 54.4 Å². The van der Waals surface area contributed by atoms with Crippen molar-refractivity contribution >= 4 is 45.6 Å². The van der Waals surface area contributed by atoms with Crippen LogP contribution in [-0.2, 0) is 4.79 Å². The van der Waals surface area contributed by atoms with Crippen molar-refractivity contribution in [2.24, 2.45) is 0 Å². The molecule has 0 spiro atoms. The van der Waals surface area contributed by atoms with Crippen molar-refractivity contribution in [2.75, 3.05) is 19.0 Å². The summed E-state index contributed by atoms with van der Waals surface area (Å²) in [5, 5.41) is 5.60. The molecular formula is C22H18ClN3O3S. The van der Waals surface area contributed by atoms with Gasteiger partial charge in [-0.3, -0.25) is 9.59 Å². The van der Waals surface area contributed by atoms with Gasteiger partial charge in [-0.05, 0) is 24.3 Å². The minimum atomic E-state index is -0.222. The van der Waals surface area contributed by atoms with Gasteiger partial charge in [0, 0.05) is 40.7 Å². The first-order valence-electron chi connectivity index (χ1n) is 9.17. The molecule has 0 unspecified atom stereocenters. The highest BCUT2D eigenvalue weighted by atomic mass is 35.5. The molecule has 0 bridgehead atoms. The van der Waals surface area contributed by atoms with Gasteiger partial charge in [-0.15, -0.1) is 11.3 Å². The molecule has 3 aromatic rings. The number of methoxy groups -OCH3 is 1. The molecule has 2 amide bonds. The van der Waals surface area contributed by atoms with E-state index in [0.717, 1.165) is 11.1 Å². The predicted molar refractivity (Wildman–Crippen MR) is 119 cm³/mol. The summed E-state index contributed by atoms with van der Waals surface area (Å²) >= 11 is 7.49. The number of rotatable bonds is 6. The number of hydrogen-bond acceptors (Lipinski definition) is 5. The normalized spacial score (nSPS) is 12.8. The first-order valence-corrected chi connectivity index (χ1v) is 10.4. The van der Waals surface area contributed by atoms with E-state index < -0.39 is 0 Å². The average molecular weight is 440 g/mol. The number of carbonyl (C=O) groups is 2. The molecule has 1 N–H and O–H groups in total. The number of amides is 2. The van der Waals surface area contributed by atoms with Crippen molar-refractivity contribution < 1.29 is 14.3 Å². The van der Waals surface area contributed by atoms with Crippen LogP contribution >= 0.6 is 22.9 Å². The summed E-state index contributed by atoms with van der Waals surface area (Å²) in [4.78, 5) is 30.9. The third-order valence-electron chi connectivity index (χ3n) is 4.80. The number of ether oxygens (including phenoxy) is 1. The zero-order valence-corrected chi connectivity index (χ0v) is 17.7. The molecule has 152 valence electrons. The molecule has 6 nitrogen and oxygen atoms in total. The third kappa shape index (κ3) is 3.81. The van der Waals surface area contributed by atoms with E-state index in [-0.39, 0.29) is 24.8 Å². The second-order valence-corrected chi connectivity index (χ2v) is 7.90. The molecule has 8 heteroatoms. The molecule has 0 fully saturated rings. The smallest absolute Gasteiger partial charge is 0.258 e. The Morgan fingerprint density at radius 2 is 2.03 bits per heavy atom. The number of hydrogen-bond donors (Lipinski definition) is 1. The van der Waals surface area contributed by atoms with Crippen molar-refractivity contribution in [1.82, 2.24) is 9.88 Å². The number of nitrogens with zero attached hydrogens (tertiary/aromatic N) is 2. The van der Waals surface area contributed by atoms with Gasteiger partial charge in [-0.25, -0.2) is 4.98 Å². The Balaban J connectivity index is 1.37. The lowest BCUT2D eigenvalue weighted by Gasteiger charge is -2.16. The maximum atomic E-state index is 12.5. The van der Waals surface area contributed by atoms with Gasteiger partial charge in [0.25, 0.3) is 5.91 Å². The Morgan fingerprint density at radius 1 is 1.27 bits per heavy atom. The van der Waals surface area contributed by atoms with Gasteiger partial charge in [0.1, 0.15) is 5.75 Å². The van der Waals surface area contributed by atoms with E-state index in [4.69, 9.17) is 16.3 Å². The molecule has 2 aromatic carbocycles. The van der Waals surface area contributed by atoms with E-state index in [1.54, 1.807) is 25.3 Å². The predicted octanol–water partition coefficient (Wildman–Crippen LogP) is 4.93. The van der Waals surface area contributed by atoms with Crippen LogP contribution < -0.4 is 10.1 Å². The summed E-state index contributed by atoms with van der Waals surface area (Å²) in [5.41, 5.74) is 3.58. The van der Waals surface area contributed by atoms with E-state index in [2.05, 4.69) is 16.9 Å². The SMILES string of the molecule is C=C1c2ccccc2C(=O)N1CCC(=O)Nc1nc(-c2ccc(OC)c(Cl)c2)cs1. The highest BCUT2D eigenvalue weighted by Gasteiger charge is 2.30. The molecule has 0 saturated heterocycles. The Bertz CT molecular complexity index is 1120. The van der Waals surface area contributed by atoms with Crippen molar-refractivity contribution in [2.45, 2.75) is 6.42 Å². The van der Waals surface area contributed by atoms with Crippen LogP contribution in [0.3, 0.4) is 0 Å². The maximum absolute atomic E-state index is 12.5. The first-order chi connectivity index (χ1) is 14.5. The molecule has 2 heterocycles. The lowest BCUT2D eigenvalue weighted by atomic mass is 10.1. The van der Waals surface area contributed by atoms with Crippen LogP contribution in [0.1, 0.15) is 22.3 Å². The number of fused-ring (bicyclic) bond motifs is 1. The Kier molecular flexibility index (Phi) is 5.57. The molecule has 0 radical (unpaired) electrons. The van der Waals surface area contributed by atoms with E-state index in [1.807, 2.05) is 29.6 Å². The highest BCUT2D eigenvalue weighted by Crippen LogP contribution is 2.33. The topological polar surface area (TPSA) is 71.5 Å². The van der Waals surface area contributed by atoms with Crippen LogP contribution in [0.2, 0.25) is 5.02 Å². The molecule has 0 saturated carbocycles. The van der Waals surface area contributed by atoms with Gasteiger partial charge in [0.15, 0.2) is 5.13 Å². The fourth-order valence-electron chi connectivity index (χ4n) is 3.26. The number of benzene rings is 2. The summed E-state index contributed by atoms with van der Waals surface area (Å²) in [5.74, 6) is 0.237. The molecule has 4 rings (SSSR count). The fourth-order valence-corrected chi connectivity index (χ4v) is 4.25. The minimum Gasteiger partial charge on any atom is -0.495 e. The zero-order chi connectivity index (χ0) is 21.3. The van der Waals surface area contributed by atoms with Gasteiger partial charge >= 0.3 is 0 Å². The van der Waals surface area contributed by atoms with Crippen molar-refractivity contribution in [3.8, 4) is 17.0 Å². The number of halogens is 1. The molecular weight excluding hydrogens is 422 g/mol. The van der Waals surface area contributed by atoms with Crippen molar-refractivity contribution in [3.05, 3.63) is 70.6 Å². The molecule has 0 aliphatic carbocycles. The van der Waals surface area contributed by atoms with Crippen LogP contribution in [0.5, 0.6) is 5.75 Å². The Morgan fingerprint density at radius 3 is 2.73 bits per heavy atom. The average Bonchev–Trinajstić information content (AvgIpc) is 3.30. The summed E-state index contributed by atoms with van der Waals surface area (Å²) in [6, 6.07) is 12.7. The minimum absolute atomic E-state index is 0.128. The van der Waals surface area contributed by atoms with Crippen molar-refractivity contribution in [3.63, 3.8) is 0 Å². The van der Waals surface area contributed by atoms with Gasteiger partial charge in [0.05, 0.1) is 17.8 Å². The van der Waals surface area contributed by atoms with E-state index >= 15 is 0 Å². The highest BCUT2D eigenvalue weighted by molar-refractivity contribution is 7.14. The monoisotopic (exact) mass is 439 g/mol. The van der Waals surface area contributed by atoms with Gasteiger partial charge < -0.3 is 15.0 Å². The number of aromatic nitrogens is 1. The number of nitrogens with one attached hydrogen (secondary N) is 1. The molecule has 1 aliphatic rings. The maximum Gasteiger partial charge on any atom is 0.258 e. The van der Waals surface area contributed by atoms with E-state index in [9.17, 15) is 9.59 Å². The lowest BCUT2D eigenvalue weighted by molar-refractivity contribution is -0.116. The van der Waals surface area contributed by atoms with E-state index in [0.29, 0.717) is 32.9 Å². The summed E-state index contributed by atoms with van der Waals surface area (Å²) in [7, 11) is 1.56. The van der Waals surface area contributed by atoms with Crippen LogP contribution in [-0.4, -0.2) is 35.4 Å². The fraction of sp³-hybridized carbons (Fsp3) is 0.136. The first kappa shape index (κ1) is 20.1. The van der Waals surface area contributed by atoms with Gasteiger partial charge in [0.2, 0.25) is 5.91 Å². The second-order valence-electron chi connectivity index (χ2n) is 6.63. The van der Waals surface area contributed by atoms with E-state index in [1.165, 1.54) is 16.2 Å². The molecule has 30 heavy (non-hydrogen) atoms.